The Labute approximate surface area is 212 Å². The van der Waals surface area contributed by atoms with Gasteiger partial charge in [0, 0.05) is 58.2 Å². The van der Waals surface area contributed by atoms with E-state index < -0.39 is 0 Å². The van der Waals surface area contributed by atoms with Crippen molar-refractivity contribution in [1.82, 2.24) is 9.80 Å². The minimum absolute atomic E-state index is 0.0537. The molecule has 196 valence electrons. The van der Waals surface area contributed by atoms with Crippen LogP contribution in [0.5, 0.6) is 5.75 Å². The molecule has 3 atom stereocenters. The smallest absolute Gasteiger partial charge is 0.257 e. The molecule has 0 aliphatic carbocycles. The van der Waals surface area contributed by atoms with Crippen molar-refractivity contribution < 1.29 is 28.2 Å². The number of amides is 2. The molecular formula is C27H36FN3O5. The van der Waals surface area contributed by atoms with Gasteiger partial charge in [0.2, 0.25) is 5.91 Å². The van der Waals surface area contributed by atoms with Crippen molar-refractivity contribution in [3.05, 3.63) is 59.4 Å². The minimum Gasteiger partial charge on any atom is -0.491 e. The Balaban J connectivity index is 1.93. The molecule has 3 rings (SSSR count). The van der Waals surface area contributed by atoms with Gasteiger partial charge in [-0.1, -0.05) is 25.1 Å². The average molecular weight is 502 g/mol. The lowest BCUT2D eigenvalue weighted by Gasteiger charge is -2.36. The van der Waals surface area contributed by atoms with Crippen LogP contribution in [0.1, 0.15) is 29.8 Å². The summed E-state index contributed by atoms with van der Waals surface area (Å²) in [4.78, 5) is 29.2. The SMILES string of the molecule is COCC(=O)Nc1ccc2c(c1)C(=O)N(C)C[C@@H](OC)[C@H](C)CN(Cc1ccccc1F)[C@@H](C)CO2. The summed E-state index contributed by atoms with van der Waals surface area (Å²) >= 11 is 0. The van der Waals surface area contributed by atoms with Crippen LogP contribution in [0.3, 0.4) is 0 Å². The van der Waals surface area contributed by atoms with Crippen molar-refractivity contribution in [2.45, 2.75) is 32.5 Å². The normalized spacial score (nSPS) is 21.7. The fourth-order valence-electron chi connectivity index (χ4n) is 4.32. The molecule has 0 fully saturated rings. The van der Waals surface area contributed by atoms with Gasteiger partial charge in [0.25, 0.3) is 5.91 Å². The fraction of sp³-hybridized carbons (Fsp3) is 0.481. The number of likely N-dealkylation sites (N-methyl/N-ethyl adjacent to an activating group) is 1. The molecule has 0 aromatic heterocycles. The van der Waals surface area contributed by atoms with Gasteiger partial charge in [0.15, 0.2) is 0 Å². The third-order valence-electron chi connectivity index (χ3n) is 6.46. The molecule has 8 nitrogen and oxygen atoms in total. The number of nitrogens with zero attached hydrogens (tertiary/aromatic N) is 2. The van der Waals surface area contributed by atoms with Crippen LogP contribution in [-0.2, 0) is 20.8 Å². The highest BCUT2D eigenvalue weighted by Crippen LogP contribution is 2.27. The van der Waals surface area contributed by atoms with Gasteiger partial charge in [-0.05, 0) is 37.1 Å². The van der Waals surface area contributed by atoms with Crippen molar-refractivity contribution in [3.63, 3.8) is 0 Å². The first-order chi connectivity index (χ1) is 17.2. The van der Waals surface area contributed by atoms with E-state index in [2.05, 4.69) is 17.1 Å². The van der Waals surface area contributed by atoms with Crippen LogP contribution < -0.4 is 10.1 Å². The summed E-state index contributed by atoms with van der Waals surface area (Å²) in [5, 5.41) is 2.73. The van der Waals surface area contributed by atoms with Gasteiger partial charge in [-0.15, -0.1) is 0 Å². The highest BCUT2D eigenvalue weighted by Gasteiger charge is 2.29. The van der Waals surface area contributed by atoms with Crippen LogP contribution in [0.4, 0.5) is 10.1 Å². The quantitative estimate of drug-likeness (QED) is 0.654. The van der Waals surface area contributed by atoms with Crippen LogP contribution in [0.25, 0.3) is 0 Å². The van der Waals surface area contributed by atoms with Crippen molar-refractivity contribution >= 4 is 17.5 Å². The molecule has 0 unspecified atom stereocenters. The Bertz CT molecular complexity index is 1050. The number of ether oxygens (including phenoxy) is 3. The standard InChI is InChI=1S/C27H36FN3O5/c1-18-13-31(14-20-8-6-7-9-23(20)28)19(2)16-36-24-11-10-21(29-26(32)17-34-4)12-22(24)27(33)30(3)15-25(18)35-5/h6-12,18-19,25H,13-17H2,1-5H3,(H,29,32)/t18-,19+,25-/m1/s1. The van der Waals surface area contributed by atoms with E-state index in [9.17, 15) is 14.0 Å². The lowest BCUT2D eigenvalue weighted by atomic mass is 10.0. The van der Waals surface area contributed by atoms with Gasteiger partial charge >= 0.3 is 0 Å². The Morgan fingerprint density at radius 3 is 2.61 bits per heavy atom. The molecule has 0 bridgehead atoms. The van der Waals surface area contributed by atoms with Gasteiger partial charge in [0.1, 0.15) is 24.8 Å². The van der Waals surface area contributed by atoms with E-state index in [4.69, 9.17) is 14.2 Å². The number of benzene rings is 2. The van der Waals surface area contributed by atoms with Gasteiger partial charge in [-0.2, -0.15) is 0 Å². The zero-order valence-electron chi connectivity index (χ0n) is 21.6. The van der Waals surface area contributed by atoms with E-state index in [-0.39, 0.29) is 48.9 Å². The number of anilines is 1. The van der Waals surface area contributed by atoms with Crippen LogP contribution in [-0.4, -0.2) is 81.3 Å². The Morgan fingerprint density at radius 2 is 1.92 bits per heavy atom. The Morgan fingerprint density at radius 1 is 1.17 bits per heavy atom. The summed E-state index contributed by atoms with van der Waals surface area (Å²) in [5.41, 5.74) is 1.42. The summed E-state index contributed by atoms with van der Waals surface area (Å²) < 4.78 is 31.2. The molecule has 36 heavy (non-hydrogen) atoms. The van der Waals surface area contributed by atoms with E-state index in [0.717, 1.165) is 0 Å². The molecule has 0 spiro atoms. The van der Waals surface area contributed by atoms with Gasteiger partial charge in [0.05, 0.1) is 11.7 Å². The van der Waals surface area contributed by atoms with Gasteiger partial charge in [-0.3, -0.25) is 14.5 Å². The number of nitrogens with one attached hydrogen (secondary N) is 1. The Hall–Kier alpha value is -3.01. The molecule has 1 heterocycles. The number of halogens is 1. The molecule has 1 N–H and O–H groups in total. The first-order valence-corrected chi connectivity index (χ1v) is 12.0. The number of rotatable bonds is 6. The number of fused-ring (bicyclic) bond motifs is 1. The monoisotopic (exact) mass is 501 g/mol. The predicted molar refractivity (Wildman–Crippen MR) is 136 cm³/mol. The zero-order chi connectivity index (χ0) is 26.2. The van der Waals surface area contributed by atoms with E-state index >= 15 is 0 Å². The highest BCUT2D eigenvalue weighted by atomic mass is 19.1. The summed E-state index contributed by atoms with van der Waals surface area (Å²) in [6.07, 6.45) is -0.234. The first kappa shape index (κ1) is 27.6. The van der Waals surface area contributed by atoms with E-state index in [1.807, 2.05) is 13.0 Å². The summed E-state index contributed by atoms with van der Waals surface area (Å²) in [7, 11) is 4.79. The molecular weight excluding hydrogens is 465 g/mol. The molecule has 2 aromatic carbocycles. The molecule has 0 saturated heterocycles. The summed E-state index contributed by atoms with van der Waals surface area (Å²) in [5.74, 6) is -0.335. The zero-order valence-corrected chi connectivity index (χ0v) is 21.6. The second-order valence-electron chi connectivity index (χ2n) is 9.31. The third kappa shape index (κ3) is 7.02. The second kappa shape index (κ2) is 12.8. The Kier molecular flexibility index (Phi) is 9.81. The predicted octanol–water partition coefficient (Wildman–Crippen LogP) is 3.42. The summed E-state index contributed by atoms with van der Waals surface area (Å²) in [6.45, 7) is 5.70. The van der Waals surface area contributed by atoms with Crippen LogP contribution >= 0.6 is 0 Å². The molecule has 2 aromatic rings. The van der Waals surface area contributed by atoms with Crippen molar-refractivity contribution in [1.29, 1.82) is 0 Å². The van der Waals surface area contributed by atoms with Crippen molar-refractivity contribution in [2.24, 2.45) is 5.92 Å². The van der Waals surface area contributed by atoms with Gasteiger partial charge < -0.3 is 24.4 Å². The lowest BCUT2D eigenvalue weighted by Crippen LogP contribution is -2.46. The largest absolute Gasteiger partial charge is 0.491 e. The van der Waals surface area contributed by atoms with Crippen LogP contribution in [0, 0.1) is 11.7 Å². The number of carbonyl (C=O) groups is 2. The number of hydrogen-bond acceptors (Lipinski definition) is 6. The second-order valence-corrected chi connectivity index (χ2v) is 9.31. The van der Waals surface area contributed by atoms with E-state index in [1.54, 1.807) is 49.4 Å². The number of methoxy groups -OCH3 is 2. The summed E-state index contributed by atoms with van der Waals surface area (Å²) in [6, 6.07) is 11.7. The molecule has 9 heteroatoms. The van der Waals surface area contributed by atoms with Crippen molar-refractivity contribution in [2.75, 3.05) is 52.9 Å². The minimum atomic E-state index is -0.321. The van der Waals surface area contributed by atoms with E-state index in [0.29, 0.717) is 42.2 Å². The van der Waals surface area contributed by atoms with Crippen LogP contribution in [0.15, 0.2) is 42.5 Å². The fourth-order valence-corrected chi connectivity index (χ4v) is 4.32. The van der Waals surface area contributed by atoms with Crippen molar-refractivity contribution in [3.8, 4) is 5.75 Å². The molecule has 0 saturated carbocycles. The maximum Gasteiger partial charge on any atom is 0.257 e. The maximum absolute atomic E-state index is 14.5. The lowest BCUT2D eigenvalue weighted by molar-refractivity contribution is -0.119. The van der Waals surface area contributed by atoms with E-state index in [1.165, 1.54) is 13.2 Å². The molecule has 0 radical (unpaired) electrons. The maximum atomic E-state index is 14.5. The van der Waals surface area contributed by atoms with Crippen LogP contribution in [0.2, 0.25) is 0 Å². The number of carbonyl (C=O) groups excluding carboxylic acids is 2. The number of hydrogen-bond donors (Lipinski definition) is 1. The van der Waals surface area contributed by atoms with Gasteiger partial charge in [-0.25, -0.2) is 4.39 Å². The molecule has 1 aliphatic rings. The topological polar surface area (TPSA) is 80.3 Å². The highest BCUT2D eigenvalue weighted by molar-refractivity contribution is 5.99. The first-order valence-electron chi connectivity index (χ1n) is 12.0. The average Bonchev–Trinajstić information content (AvgIpc) is 2.85. The molecule has 1 aliphatic heterocycles. The third-order valence-corrected chi connectivity index (χ3v) is 6.46. The molecule has 2 amide bonds.